The number of amides is 2. The highest BCUT2D eigenvalue weighted by molar-refractivity contribution is 5.92. The lowest BCUT2D eigenvalue weighted by Crippen LogP contribution is -2.41. The molecule has 0 radical (unpaired) electrons. The van der Waals surface area contributed by atoms with Gasteiger partial charge in [-0.1, -0.05) is 0 Å². The van der Waals surface area contributed by atoms with Crippen molar-refractivity contribution in [1.29, 1.82) is 0 Å². The number of aromatic nitrogens is 2. The third-order valence-corrected chi connectivity index (χ3v) is 4.45. The van der Waals surface area contributed by atoms with Crippen molar-refractivity contribution in [3.8, 4) is 0 Å². The minimum Gasteiger partial charge on any atom is -0.376 e. The average Bonchev–Trinajstić information content (AvgIpc) is 3.13. The number of nitrogens with zero attached hydrogens (tertiary/aromatic N) is 4. The molecule has 2 rings (SSSR count). The Morgan fingerprint density at radius 3 is 2.52 bits per heavy atom. The van der Waals surface area contributed by atoms with E-state index in [0.29, 0.717) is 38.3 Å². The first kappa shape index (κ1) is 19.3. The third-order valence-electron chi connectivity index (χ3n) is 4.45. The van der Waals surface area contributed by atoms with Crippen LogP contribution in [0.15, 0.2) is 12.4 Å². The van der Waals surface area contributed by atoms with Gasteiger partial charge in [0.15, 0.2) is 0 Å². The highest BCUT2D eigenvalue weighted by Crippen LogP contribution is 2.15. The van der Waals surface area contributed by atoms with Gasteiger partial charge in [0.05, 0.1) is 18.0 Å². The normalized spacial score (nSPS) is 16.7. The summed E-state index contributed by atoms with van der Waals surface area (Å²) in [6.45, 7) is 8.68. The molecule has 7 nitrogen and oxygen atoms in total. The van der Waals surface area contributed by atoms with E-state index in [1.54, 1.807) is 16.0 Å². The summed E-state index contributed by atoms with van der Waals surface area (Å²) in [5.41, 5.74) is 1.07. The molecule has 1 aliphatic rings. The van der Waals surface area contributed by atoms with E-state index in [-0.39, 0.29) is 17.9 Å². The fourth-order valence-electron chi connectivity index (χ4n) is 2.94. The van der Waals surface area contributed by atoms with Crippen molar-refractivity contribution in [3.05, 3.63) is 23.8 Å². The predicted octanol–water partition coefficient (Wildman–Crippen LogP) is 1.66. The van der Waals surface area contributed by atoms with Crippen molar-refractivity contribution < 1.29 is 14.3 Å². The van der Waals surface area contributed by atoms with Crippen molar-refractivity contribution in [3.63, 3.8) is 0 Å². The Labute approximate surface area is 149 Å². The summed E-state index contributed by atoms with van der Waals surface area (Å²) in [6.07, 6.45) is 5.36. The standard InChI is InChI=1S/C18H28N4O3/c1-4-21(5-2)17(23)8-9-22(13-15-7-6-10-25-15)18(24)16-12-19-14(3)11-20-16/h11-12,15H,4-10,13H2,1-3H3. The Hall–Kier alpha value is -2.02. The van der Waals surface area contributed by atoms with Crippen LogP contribution >= 0.6 is 0 Å². The summed E-state index contributed by atoms with van der Waals surface area (Å²) >= 11 is 0. The first-order valence-electron chi connectivity index (χ1n) is 9.02. The van der Waals surface area contributed by atoms with Gasteiger partial charge >= 0.3 is 0 Å². The number of hydrogen-bond donors (Lipinski definition) is 0. The molecule has 0 spiro atoms. The van der Waals surface area contributed by atoms with E-state index in [0.717, 1.165) is 25.1 Å². The number of aryl methyl sites for hydroxylation is 1. The molecule has 0 aromatic carbocycles. The van der Waals surface area contributed by atoms with Crippen LogP contribution in [-0.2, 0) is 9.53 Å². The zero-order chi connectivity index (χ0) is 18.2. The first-order valence-corrected chi connectivity index (χ1v) is 9.02. The Morgan fingerprint density at radius 2 is 1.96 bits per heavy atom. The lowest BCUT2D eigenvalue weighted by molar-refractivity contribution is -0.131. The van der Waals surface area contributed by atoms with E-state index in [1.807, 2.05) is 20.8 Å². The number of rotatable bonds is 8. The van der Waals surface area contributed by atoms with Gasteiger partial charge in [0.2, 0.25) is 5.91 Å². The molecule has 0 saturated carbocycles. The van der Waals surface area contributed by atoms with Gasteiger partial charge in [0.1, 0.15) is 5.69 Å². The average molecular weight is 348 g/mol. The van der Waals surface area contributed by atoms with E-state index in [2.05, 4.69) is 9.97 Å². The summed E-state index contributed by atoms with van der Waals surface area (Å²) in [5.74, 6) is -0.138. The first-order chi connectivity index (χ1) is 12.0. The molecule has 1 aromatic rings. The zero-order valence-corrected chi connectivity index (χ0v) is 15.4. The van der Waals surface area contributed by atoms with Gasteiger partial charge in [-0.2, -0.15) is 0 Å². The molecule has 2 amide bonds. The van der Waals surface area contributed by atoms with E-state index < -0.39 is 0 Å². The molecule has 1 atom stereocenters. The van der Waals surface area contributed by atoms with Gasteiger partial charge in [-0.3, -0.25) is 14.6 Å². The molecule has 1 aliphatic heterocycles. The SMILES string of the molecule is CCN(CC)C(=O)CCN(CC1CCCO1)C(=O)c1cnc(C)cn1. The molecule has 0 aliphatic carbocycles. The summed E-state index contributed by atoms with van der Waals surface area (Å²) < 4.78 is 5.66. The minimum atomic E-state index is -0.199. The second kappa shape index (κ2) is 9.46. The minimum absolute atomic E-state index is 0.0333. The van der Waals surface area contributed by atoms with Crippen molar-refractivity contribution in [2.75, 3.05) is 32.8 Å². The Kier molecular flexibility index (Phi) is 7.31. The van der Waals surface area contributed by atoms with Crippen LogP contribution in [-0.4, -0.2) is 70.5 Å². The van der Waals surface area contributed by atoms with Crippen molar-refractivity contribution in [2.45, 2.75) is 46.1 Å². The van der Waals surface area contributed by atoms with Crippen molar-refractivity contribution in [1.82, 2.24) is 19.8 Å². The number of ether oxygens (including phenoxy) is 1. The highest BCUT2D eigenvalue weighted by Gasteiger charge is 2.25. The molecular formula is C18H28N4O3. The molecule has 0 bridgehead atoms. The maximum absolute atomic E-state index is 12.8. The zero-order valence-electron chi connectivity index (χ0n) is 15.4. The van der Waals surface area contributed by atoms with Gasteiger partial charge in [-0.25, -0.2) is 4.98 Å². The lowest BCUT2D eigenvalue weighted by Gasteiger charge is -2.26. The second-order valence-electron chi connectivity index (χ2n) is 6.25. The number of carbonyl (C=O) groups excluding carboxylic acids is 2. The second-order valence-corrected chi connectivity index (χ2v) is 6.25. The molecule has 1 aromatic heterocycles. The largest absolute Gasteiger partial charge is 0.376 e. The molecule has 25 heavy (non-hydrogen) atoms. The molecule has 138 valence electrons. The fraction of sp³-hybridized carbons (Fsp3) is 0.667. The van der Waals surface area contributed by atoms with Crippen LogP contribution in [0.1, 0.15) is 49.3 Å². The van der Waals surface area contributed by atoms with Crippen molar-refractivity contribution >= 4 is 11.8 Å². The quantitative estimate of drug-likeness (QED) is 0.714. The van der Waals surface area contributed by atoms with Gasteiger partial charge < -0.3 is 14.5 Å². The molecule has 0 N–H and O–H groups in total. The Morgan fingerprint density at radius 1 is 1.20 bits per heavy atom. The van der Waals surface area contributed by atoms with Crippen LogP contribution in [0.2, 0.25) is 0 Å². The lowest BCUT2D eigenvalue weighted by atomic mass is 10.2. The number of hydrogen-bond acceptors (Lipinski definition) is 5. The van der Waals surface area contributed by atoms with Crippen LogP contribution in [0.5, 0.6) is 0 Å². The van der Waals surface area contributed by atoms with Crippen LogP contribution in [0.4, 0.5) is 0 Å². The monoisotopic (exact) mass is 348 g/mol. The predicted molar refractivity (Wildman–Crippen MR) is 94.2 cm³/mol. The van der Waals surface area contributed by atoms with Gasteiger partial charge in [0.25, 0.3) is 5.91 Å². The summed E-state index contributed by atoms with van der Waals surface area (Å²) in [4.78, 5) is 36.9. The van der Waals surface area contributed by atoms with E-state index in [4.69, 9.17) is 4.74 Å². The molecule has 1 unspecified atom stereocenters. The van der Waals surface area contributed by atoms with Crippen LogP contribution in [0.25, 0.3) is 0 Å². The van der Waals surface area contributed by atoms with Crippen LogP contribution < -0.4 is 0 Å². The molecular weight excluding hydrogens is 320 g/mol. The van der Waals surface area contributed by atoms with Crippen LogP contribution in [0.3, 0.4) is 0 Å². The maximum Gasteiger partial charge on any atom is 0.274 e. The van der Waals surface area contributed by atoms with E-state index in [9.17, 15) is 9.59 Å². The summed E-state index contributed by atoms with van der Waals surface area (Å²) in [6, 6.07) is 0. The molecule has 1 fully saturated rings. The Bertz CT molecular complexity index is 566. The topological polar surface area (TPSA) is 75.6 Å². The number of carbonyl (C=O) groups is 2. The molecule has 2 heterocycles. The van der Waals surface area contributed by atoms with Gasteiger partial charge in [-0.05, 0) is 33.6 Å². The smallest absolute Gasteiger partial charge is 0.274 e. The van der Waals surface area contributed by atoms with E-state index >= 15 is 0 Å². The highest BCUT2D eigenvalue weighted by atomic mass is 16.5. The molecule has 1 saturated heterocycles. The summed E-state index contributed by atoms with van der Waals surface area (Å²) in [5, 5.41) is 0. The van der Waals surface area contributed by atoms with Crippen molar-refractivity contribution in [2.24, 2.45) is 0 Å². The molecule has 7 heteroatoms. The Balaban J connectivity index is 2.05. The van der Waals surface area contributed by atoms with Gasteiger partial charge in [0, 0.05) is 45.4 Å². The third kappa shape index (κ3) is 5.49. The maximum atomic E-state index is 12.8. The summed E-state index contributed by atoms with van der Waals surface area (Å²) in [7, 11) is 0. The fourth-order valence-corrected chi connectivity index (χ4v) is 2.94. The van der Waals surface area contributed by atoms with Crippen LogP contribution in [0, 0.1) is 6.92 Å². The van der Waals surface area contributed by atoms with E-state index in [1.165, 1.54) is 6.20 Å². The van der Waals surface area contributed by atoms with Gasteiger partial charge in [-0.15, -0.1) is 0 Å².